The number of thiophene rings is 1. The average molecular weight is 352 g/mol. The van der Waals surface area contributed by atoms with Gasteiger partial charge in [-0.1, -0.05) is 30.7 Å². The first-order valence-electron chi connectivity index (χ1n) is 7.14. The number of aryl methyl sites for hydroxylation is 2. The van der Waals surface area contributed by atoms with Crippen molar-refractivity contribution >= 4 is 27.3 Å². The van der Waals surface area contributed by atoms with Crippen LogP contribution in [0, 0.1) is 13.8 Å². The van der Waals surface area contributed by atoms with Crippen molar-refractivity contribution in [2.75, 3.05) is 6.54 Å². The number of halogens is 1. The smallest absolute Gasteiger partial charge is 0.0467 e. The molecule has 2 aromatic rings. The quantitative estimate of drug-likeness (QED) is 0.733. The lowest BCUT2D eigenvalue weighted by Gasteiger charge is -2.19. The largest absolute Gasteiger partial charge is 0.309 e. The molecule has 1 heterocycles. The summed E-state index contributed by atoms with van der Waals surface area (Å²) in [5, 5.41) is 5.84. The van der Waals surface area contributed by atoms with E-state index >= 15 is 0 Å². The third-order valence-corrected chi connectivity index (χ3v) is 5.52. The highest BCUT2D eigenvalue weighted by Gasteiger charge is 2.16. The van der Waals surface area contributed by atoms with Crippen LogP contribution in [0.2, 0.25) is 0 Å². The number of hydrogen-bond acceptors (Lipinski definition) is 2. The van der Waals surface area contributed by atoms with Gasteiger partial charge in [-0.2, -0.15) is 0 Å². The second-order valence-corrected chi connectivity index (χ2v) is 7.08. The SMILES string of the molecule is CCCNC(Cc1cc(C)ccc1C)c1sccc1Br. The van der Waals surface area contributed by atoms with Crippen LogP contribution in [0.4, 0.5) is 0 Å². The van der Waals surface area contributed by atoms with E-state index in [1.807, 2.05) is 11.3 Å². The minimum atomic E-state index is 0.393. The average Bonchev–Trinajstić information content (AvgIpc) is 2.84. The van der Waals surface area contributed by atoms with Crippen molar-refractivity contribution in [3.05, 3.63) is 55.7 Å². The van der Waals surface area contributed by atoms with Crippen LogP contribution in [0.5, 0.6) is 0 Å². The Bertz CT molecular complexity index is 562. The molecular formula is C17H22BrNS. The normalized spacial score (nSPS) is 12.6. The van der Waals surface area contributed by atoms with Gasteiger partial charge in [-0.05, 0) is 71.7 Å². The predicted molar refractivity (Wildman–Crippen MR) is 92.7 cm³/mol. The zero-order valence-corrected chi connectivity index (χ0v) is 14.8. The van der Waals surface area contributed by atoms with E-state index in [1.165, 1.54) is 26.0 Å². The van der Waals surface area contributed by atoms with Crippen molar-refractivity contribution < 1.29 is 0 Å². The van der Waals surface area contributed by atoms with Gasteiger partial charge in [-0.25, -0.2) is 0 Å². The molecule has 0 radical (unpaired) electrons. The fourth-order valence-corrected chi connectivity index (χ4v) is 4.10. The van der Waals surface area contributed by atoms with Crippen molar-refractivity contribution in [1.82, 2.24) is 5.32 Å². The standard InChI is InChI=1S/C17H22BrNS/c1-4-8-19-16(17-15(18)7-9-20-17)11-14-10-12(2)5-6-13(14)3/h5-7,9-10,16,19H,4,8,11H2,1-3H3. The second kappa shape index (κ2) is 7.39. The van der Waals surface area contributed by atoms with Crippen LogP contribution in [0.1, 0.15) is 41.0 Å². The molecule has 0 aliphatic rings. The lowest BCUT2D eigenvalue weighted by molar-refractivity contribution is 0.534. The third-order valence-electron chi connectivity index (χ3n) is 3.53. The second-order valence-electron chi connectivity index (χ2n) is 5.27. The molecule has 1 unspecified atom stereocenters. The highest BCUT2D eigenvalue weighted by atomic mass is 79.9. The molecule has 3 heteroatoms. The van der Waals surface area contributed by atoms with E-state index in [0.29, 0.717) is 6.04 Å². The fourth-order valence-electron chi connectivity index (χ4n) is 2.37. The molecular weight excluding hydrogens is 330 g/mol. The molecule has 0 bridgehead atoms. The van der Waals surface area contributed by atoms with Crippen LogP contribution in [0.25, 0.3) is 0 Å². The van der Waals surface area contributed by atoms with Gasteiger partial charge in [0.05, 0.1) is 0 Å². The van der Waals surface area contributed by atoms with Crippen LogP contribution in [0.15, 0.2) is 34.1 Å². The van der Waals surface area contributed by atoms with Crippen molar-refractivity contribution in [1.29, 1.82) is 0 Å². The predicted octanol–water partition coefficient (Wildman–Crippen LogP) is 5.41. The van der Waals surface area contributed by atoms with Crippen molar-refractivity contribution in [2.45, 2.75) is 39.7 Å². The van der Waals surface area contributed by atoms with Crippen LogP contribution in [0.3, 0.4) is 0 Å². The molecule has 0 fully saturated rings. The van der Waals surface area contributed by atoms with E-state index in [1.54, 1.807) is 0 Å². The van der Waals surface area contributed by atoms with Crippen LogP contribution < -0.4 is 5.32 Å². The summed E-state index contributed by atoms with van der Waals surface area (Å²) in [6.07, 6.45) is 2.21. The van der Waals surface area contributed by atoms with Crippen LogP contribution in [-0.4, -0.2) is 6.54 Å². The van der Waals surface area contributed by atoms with E-state index in [0.717, 1.165) is 19.4 Å². The van der Waals surface area contributed by atoms with Crippen LogP contribution in [-0.2, 0) is 6.42 Å². The molecule has 0 spiro atoms. The molecule has 1 atom stereocenters. The van der Waals surface area contributed by atoms with E-state index in [2.05, 4.69) is 71.7 Å². The molecule has 0 saturated carbocycles. The summed E-state index contributed by atoms with van der Waals surface area (Å²) < 4.78 is 1.22. The Morgan fingerprint density at radius 2 is 2.05 bits per heavy atom. The summed E-state index contributed by atoms with van der Waals surface area (Å²) >= 11 is 5.50. The van der Waals surface area contributed by atoms with Gasteiger partial charge in [0, 0.05) is 15.4 Å². The minimum Gasteiger partial charge on any atom is -0.309 e. The molecule has 0 saturated heterocycles. The zero-order chi connectivity index (χ0) is 14.5. The fraction of sp³-hybridized carbons (Fsp3) is 0.412. The summed E-state index contributed by atoms with van der Waals surface area (Å²) in [5.41, 5.74) is 4.16. The van der Waals surface area contributed by atoms with Gasteiger partial charge < -0.3 is 5.32 Å². The van der Waals surface area contributed by atoms with Gasteiger partial charge in [0.1, 0.15) is 0 Å². The highest BCUT2D eigenvalue weighted by molar-refractivity contribution is 9.10. The Morgan fingerprint density at radius 1 is 1.25 bits per heavy atom. The molecule has 0 aliphatic carbocycles. The lowest BCUT2D eigenvalue weighted by Crippen LogP contribution is -2.24. The summed E-state index contributed by atoms with van der Waals surface area (Å²) in [5.74, 6) is 0. The molecule has 1 aromatic heterocycles. The van der Waals surface area contributed by atoms with Crippen molar-refractivity contribution in [3.8, 4) is 0 Å². The van der Waals surface area contributed by atoms with E-state index in [4.69, 9.17) is 0 Å². The molecule has 0 amide bonds. The lowest BCUT2D eigenvalue weighted by atomic mass is 9.98. The number of nitrogens with one attached hydrogen (secondary N) is 1. The molecule has 0 aliphatic heterocycles. The summed E-state index contributed by atoms with van der Waals surface area (Å²) in [6.45, 7) is 7.64. The first-order chi connectivity index (χ1) is 9.61. The van der Waals surface area contributed by atoms with Gasteiger partial charge in [-0.3, -0.25) is 0 Å². The Labute approximate surface area is 134 Å². The Morgan fingerprint density at radius 3 is 2.70 bits per heavy atom. The summed E-state index contributed by atoms with van der Waals surface area (Å²) in [7, 11) is 0. The maximum atomic E-state index is 3.69. The molecule has 20 heavy (non-hydrogen) atoms. The third kappa shape index (κ3) is 3.94. The van der Waals surface area contributed by atoms with Gasteiger partial charge in [0.15, 0.2) is 0 Å². The summed E-state index contributed by atoms with van der Waals surface area (Å²) in [4.78, 5) is 1.40. The zero-order valence-electron chi connectivity index (χ0n) is 12.4. The highest BCUT2D eigenvalue weighted by Crippen LogP contribution is 2.31. The topological polar surface area (TPSA) is 12.0 Å². The van der Waals surface area contributed by atoms with Gasteiger partial charge in [-0.15, -0.1) is 11.3 Å². The summed E-state index contributed by atoms with van der Waals surface area (Å²) in [6, 6.07) is 9.27. The van der Waals surface area contributed by atoms with Crippen LogP contribution >= 0.6 is 27.3 Å². The maximum absolute atomic E-state index is 3.69. The monoisotopic (exact) mass is 351 g/mol. The molecule has 1 nitrogen and oxygen atoms in total. The molecule has 1 N–H and O–H groups in total. The van der Waals surface area contributed by atoms with E-state index < -0.39 is 0 Å². The number of rotatable bonds is 6. The first kappa shape index (κ1) is 15.7. The first-order valence-corrected chi connectivity index (χ1v) is 8.81. The Balaban J connectivity index is 2.23. The maximum Gasteiger partial charge on any atom is 0.0467 e. The minimum absolute atomic E-state index is 0.393. The number of benzene rings is 1. The number of hydrogen-bond donors (Lipinski definition) is 1. The molecule has 2 rings (SSSR count). The van der Waals surface area contributed by atoms with Gasteiger partial charge in [0.2, 0.25) is 0 Å². The Hall–Kier alpha value is -0.640. The van der Waals surface area contributed by atoms with Gasteiger partial charge >= 0.3 is 0 Å². The van der Waals surface area contributed by atoms with Gasteiger partial charge in [0.25, 0.3) is 0 Å². The molecule has 108 valence electrons. The van der Waals surface area contributed by atoms with Crippen molar-refractivity contribution in [2.24, 2.45) is 0 Å². The van der Waals surface area contributed by atoms with E-state index in [-0.39, 0.29) is 0 Å². The molecule has 1 aromatic carbocycles. The van der Waals surface area contributed by atoms with E-state index in [9.17, 15) is 0 Å². The Kier molecular flexibility index (Phi) is 5.82. The van der Waals surface area contributed by atoms with Crippen molar-refractivity contribution in [3.63, 3.8) is 0 Å².